The van der Waals surface area contributed by atoms with Crippen LogP contribution >= 0.6 is 0 Å². The van der Waals surface area contributed by atoms with Gasteiger partial charge in [-0.25, -0.2) is 13.6 Å². The summed E-state index contributed by atoms with van der Waals surface area (Å²) in [6.07, 6.45) is 5.04. The highest BCUT2D eigenvalue weighted by atomic mass is 19.1. The monoisotopic (exact) mass is 361 g/mol. The molecule has 0 spiro atoms. The van der Waals surface area contributed by atoms with Gasteiger partial charge in [-0.2, -0.15) is 0 Å². The van der Waals surface area contributed by atoms with Gasteiger partial charge in [-0.3, -0.25) is 4.79 Å². The first-order valence-electron chi connectivity index (χ1n) is 7.79. The van der Waals surface area contributed by atoms with E-state index >= 15 is 0 Å². The molecule has 2 aromatic rings. The van der Waals surface area contributed by atoms with Crippen molar-refractivity contribution in [2.45, 2.75) is 13.5 Å². The summed E-state index contributed by atoms with van der Waals surface area (Å²) in [5.41, 5.74) is 0.884. The SMILES string of the molecule is CCOC(=O)/C(O)=C/C(=O)/C=C/c1cccn1Cc1ccc(F)cc1F. The van der Waals surface area contributed by atoms with Crippen LogP contribution in [-0.2, 0) is 20.9 Å². The van der Waals surface area contributed by atoms with Crippen molar-refractivity contribution in [3.05, 3.63) is 77.3 Å². The number of ether oxygens (including phenoxy) is 1. The Morgan fingerprint density at radius 3 is 2.73 bits per heavy atom. The number of aliphatic hydroxyl groups excluding tert-OH is 1. The summed E-state index contributed by atoms with van der Waals surface area (Å²) < 4.78 is 33.0. The fourth-order valence-electron chi connectivity index (χ4n) is 2.17. The topological polar surface area (TPSA) is 68.5 Å². The van der Waals surface area contributed by atoms with Crippen LogP contribution in [0, 0.1) is 11.6 Å². The molecule has 0 saturated carbocycles. The number of aliphatic hydroxyl groups is 1. The quantitative estimate of drug-likeness (QED) is 0.466. The van der Waals surface area contributed by atoms with Gasteiger partial charge in [0.1, 0.15) is 11.6 Å². The van der Waals surface area contributed by atoms with E-state index < -0.39 is 29.1 Å². The van der Waals surface area contributed by atoms with Crippen molar-refractivity contribution in [2.24, 2.45) is 0 Å². The molecule has 5 nitrogen and oxygen atoms in total. The normalized spacial score (nSPS) is 11.7. The second-order valence-corrected chi connectivity index (χ2v) is 5.28. The summed E-state index contributed by atoms with van der Waals surface area (Å²) >= 11 is 0. The van der Waals surface area contributed by atoms with Crippen LogP contribution in [0.15, 0.2) is 54.4 Å². The van der Waals surface area contributed by atoms with E-state index in [1.807, 2.05) is 0 Å². The highest BCUT2D eigenvalue weighted by molar-refractivity contribution is 6.05. The van der Waals surface area contributed by atoms with Gasteiger partial charge in [0.2, 0.25) is 5.76 Å². The van der Waals surface area contributed by atoms with Gasteiger partial charge in [-0.05, 0) is 37.3 Å². The van der Waals surface area contributed by atoms with Crippen LogP contribution in [0.25, 0.3) is 6.08 Å². The standard InChI is InChI=1S/C19H17F2NO4/c1-2-26-19(25)18(24)11-16(23)8-7-15-4-3-9-22(15)12-13-5-6-14(20)10-17(13)21/h3-11,24H,2,12H2,1H3/b8-7+,18-11-. The number of esters is 1. The fourth-order valence-corrected chi connectivity index (χ4v) is 2.17. The van der Waals surface area contributed by atoms with Crippen LogP contribution in [0.4, 0.5) is 8.78 Å². The zero-order chi connectivity index (χ0) is 19.1. The van der Waals surface area contributed by atoms with E-state index in [4.69, 9.17) is 0 Å². The van der Waals surface area contributed by atoms with Crippen LogP contribution in [0.1, 0.15) is 18.2 Å². The van der Waals surface area contributed by atoms with E-state index in [0.717, 1.165) is 18.2 Å². The molecule has 0 radical (unpaired) electrons. The molecular weight excluding hydrogens is 344 g/mol. The number of carbonyl (C=O) groups excluding carboxylic acids is 2. The number of aromatic nitrogens is 1. The zero-order valence-electron chi connectivity index (χ0n) is 14.0. The van der Waals surface area contributed by atoms with Gasteiger partial charge >= 0.3 is 5.97 Å². The van der Waals surface area contributed by atoms with Crippen molar-refractivity contribution in [1.82, 2.24) is 4.57 Å². The van der Waals surface area contributed by atoms with Crippen molar-refractivity contribution in [1.29, 1.82) is 0 Å². The van der Waals surface area contributed by atoms with Gasteiger partial charge in [0.25, 0.3) is 0 Å². The van der Waals surface area contributed by atoms with E-state index in [1.165, 1.54) is 18.2 Å². The third kappa shape index (κ3) is 5.14. The number of hydrogen-bond donors (Lipinski definition) is 1. The summed E-state index contributed by atoms with van der Waals surface area (Å²) in [6.45, 7) is 1.80. The summed E-state index contributed by atoms with van der Waals surface area (Å²) in [4.78, 5) is 23.0. The van der Waals surface area contributed by atoms with Gasteiger partial charge in [0, 0.05) is 29.6 Å². The second-order valence-electron chi connectivity index (χ2n) is 5.28. The molecule has 7 heteroatoms. The van der Waals surface area contributed by atoms with Crippen molar-refractivity contribution >= 4 is 17.8 Å². The number of hydrogen-bond acceptors (Lipinski definition) is 4. The molecule has 1 heterocycles. The minimum Gasteiger partial charge on any atom is -0.502 e. The Labute approximate surface area is 148 Å². The van der Waals surface area contributed by atoms with E-state index in [0.29, 0.717) is 11.3 Å². The number of benzene rings is 1. The van der Waals surface area contributed by atoms with Gasteiger partial charge in [0.15, 0.2) is 5.78 Å². The molecule has 1 aromatic carbocycles. The lowest BCUT2D eigenvalue weighted by Crippen LogP contribution is -2.08. The Hall–Kier alpha value is -3.22. The molecule has 0 atom stereocenters. The largest absolute Gasteiger partial charge is 0.502 e. The number of allylic oxidation sites excluding steroid dienone is 2. The van der Waals surface area contributed by atoms with Gasteiger partial charge in [0.05, 0.1) is 13.2 Å². The minimum absolute atomic E-state index is 0.0776. The molecule has 0 aliphatic heterocycles. The lowest BCUT2D eigenvalue weighted by Gasteiger charge is -2.08. The Morgan fingerprint density at radius 1 is 1.27 bits per heavy atom. The lowest BCUT2D eigenvalue weighted by atomic mass is 10.2. The highest BCUT2D eigenvalue weighted by Gasteiger charge is 2.10. The lowest BCUT2D eigenvalue weighted by molar-refractivity contribution is -0.141. The van der Waals surface area contributed by atoms with Crippen molar-refractivity contribution in [2.75, 3.05) is 6.61 Å². The average Bonchev–Trinajstić information content (AvgIpc) is 3.03. The Kier molecular flexibility index (Phi) is 6.43. The number of nitrogens with zero attached hydrogens (tertiary/aromatic N) is 1. The summed E-state index contributed by atoms with van der Waals surface area (Å²) in [6, 6.07) is 6.73. The van der Waals surface area contributed by atoms with Gasteiger partial charge in [-0.15, -0.1) is 0 Å². The third-order valence-corrected chi connectivity index (χ3v) is 3.40. The number of carbonyl (C=O) groups is 2. The first-order valence-corrected chi connectivity index (χ1v) is 7.79. The summed E-state index contributed by atoms with van der Waals surface area (Å²) in [5.74, 6) is -3.70. The van der Waals surface area contributed by atoms with Crippen molar-refractivity contribution in [3.63, 3.8) is 0 Å². The van der Waals surface area contributed by atoms with Gasteiger partial charge < -0.3 is 14.4 Å². The predicted molar refractivity (Wildman–Crippen MR) is 91.3 cm³/mol. The molecule has 0 aliphatic carbocycles. The van der Waals surface area contributed by atoms with E-state index in [2.05, 4.69) is 4.74 Å². The van der Waals surface area contributed by atoms with Crippen LogP contribution in [0.2, 0.25) is 0 Å². The summed E-state index contributed by atoms with van der Waals surface area (Å²) in [5, 5.41) is 9.43. The predicted octanol–water partition coefficient (Wildman–Crippen LogP) is 3.40. The molecule has 0 saturated heterocycles. The Bertz CT molecular complexity index is 868. The number of ketones is 1. The molecule has 0 fully saturated rings. The zero-order valence-corrected chi connectivity index (χ0v) is 14.0. The Balaban J connectivity index is 2.10. The summed E-state index contributed by atoms with van der Waals surface area (Å²) in [7, 11) is 0. The van der Waals surface area contributed by atoms with E-state index in [1.54, 1.807) is 29.8 Å². The van der Waals surface area contributed by atoms with E-state index in [9.17, 15) is 23.5 Å². The van der Waals surface area contributed by atoms with Crippen LogP contribution < -0.4 is 0 Å². The molecule has 26 heavy (non-hydrogen) atoms. The maximum Gasteiger partial charge on any atom is 0.373 e. The Morgan fingerprint density at radius 2 is 2.04 bits per heavy atom. The number of halogens is 2. The van der Waals surface area contributed by atoms with Crippen LogP contribution in [0.5, 0.6) is 0 Å². The molecule has 0 aliphatic rings. The average molecular weight is 361 g/mol. The maximum atomic E-state index is 13.8. The van der Waals surface area contributed by atoms with Crippen LogP contribution in [0.3, 0.4) is 0 Å². The minimum atomic E-state index is -0.982. The smallest absolute Gasteiger partial charge is 0.373 e. The number of rotatable bonds is 7. The third-order valence-electron chi connectivity index (χ3n) is 3.40. The van der Waals surface area contributed by atoms with Crippen LogP contribution in [-0.4, -0.2) is 28.0 Å². The molecule has 0 unspecified atom stereocenters. The molecular formula is C19H17F2NO4. The molecule has 1 aromatic heterocycles. The maximum absolute atomic E-state index is 13.8. The fraction of sp³-hybridized carbons (Fsp3) is 0.158. The molecule has 0 amide bonds. The molecule has 2 rings (SSSR count). The van der Waals surface area contributed by atoms with Crippen molar-refractivity contribution < 1.29 is 28.2 Å². The first kappa shape index (κ1) is 19.1. The van der Waals surface area contributed by atoms with Gasteiger partial charge in [-0.1, -0.05) is 6.07 Å². The molecule has 0 bridgehead atoms. The molecule has 136 valence electrons. The highest BCUT2D eigenvalue weighted by Crippen LogP contribution is 2.14. The molecule has 1 N–H and O–H groups in total. The second kappa shape index (κ2) is 8.75. The first-order chi connectivity index (χ1) is 12.4. The van der Waals surface area contributed by atoms with Crippen molar-refractivity contribution in [3.8, 4) is 0 Å². The van der Waals surface area contributed by atoms with E-state index in [-0.39, 0.29) is 13.2 Å².